The zero-order valence-corrected chi connectivity index (χ0v) is 13.5. The van der Waals surface area contributed by atoms with Gasteiger partial charge in [0.2, 0.25) is 11.8 Å². The van der Waals surface area contributed by atoms with Crippen molar-refractivity contribution in [2.75, 3.05) is 11.1 Å². The molecule has 1 aliphatic heterocycles. The number of benzene rings is 2. The predicted octanol–water partition coefficient (Wildman–Crippen LogP) is 1.85. The smallest absolute Gasteiger partial charge is 0.327 e. The van der Waals surface area contributed by atoms with Gasteiger partial charge in [0.05, 0.1) is 5.25 Å². The molecule has 3 N–H and O–H groups in total. The number of hydrogen-bond donors (Lipinski definition) is 3. The number of nitrogens with one attached hydrogen (secondary N) is 2. The van der Waals surface area contributed by atoms with Gasteiger partial charge in [0, 0.05) is 23.2 Å². The van der Waals surface area contributed by atoms with Crippen molar-refractivity contribution in [3.63, 3.8) is 0 Å². The summed E-state index contributed by atoms with van der Waals surface area (Å²) in [6.07, 6.45) is 0.00601. The number of rotatable bonds is 4. The zero-order chi connectivity index (χ0) is 17.1. The normalized spacial score (nSPS) is 20.4. The Kier molecular flexibility index (Phi) is 4.71. The van der Waals surface area contributed by atoms with Gasteiger partial charge in [-0.15, -0.1) is 11.8 Å². The summed E-state index contributed by atoms with van der Waals surface area (Å²) in [5, 5.41) is 15.6. The molecular weight excluding hydrogens is 328 g/mol. The standard InChI is InChI=1S/C17H16N2O4S/c20-15(8-14-16(21)19-13(9-24-14)17(22)23)18-12-7-3-5-10-4-1-2-6-11(10)12/h1-7,13-14H,8-9H2,(H,18,20)(H,19,21)(H,22,23)/t13-,14+/m0/s1. The van der Waals surface area contributed by atoms with Gasteiger partial charge < -0.3 is 15.7 Å². The van der Waals surface area contributed by atoms with Crippen LogP contribution in [0.25, 0.3) is 10.8 Å². The SMILES string of the molecule is O=C(C[C@H]1SC[C@@H](C(=O)O)NC1=O)Nc1cccc2ccccc12. The van der Waals surface area contributed by atoms with Crippen molar-refractivity contribution in [3.8, 4) is 0 Å². The Morgan fingerprint density at radius 2 is 1.96 bits per heavy atom. The lowest BCUT2D eigenvalue weighted by Crippen LogP contribution is -2.51. The summed E-state index contributed by atoms with van der Waals surface area (Å²) < 4.78 is 0. The van der Waals surface area contributed by atoms with Gasteiger partial charge >= 0.3 is 5.97 Å². The van der Waals surface area contributed by atoms with Gasteiger partial charge in [-0.25, -0.2) is 4.79 Å². The van der Waals surface area contributed by atoms with Crippen LogP contribution in [0, 0.1) is 0 Å². The van der Waals surface area contributed by atoms with Crippen molar-refractivity contribution in [3.05, 3.63) is 42.5 Å². The summed E-state index contributed by atoms with van der Waals surface area (Å²) in [5.41, 5.74) is 0.697. The summed E-state index contributed by atoms with van der Waals surface area (Å²) in [7, 11) is 0. The van der Waals surface area contributed by atoms with E-state index in [4.69, 9.17) is 5.11 Å². The Balaban J connectivity index is 1.66. The highest BCUT2D eigenvalue weighted by Gasteiger charge is 2.33. The maximum atomic E-state index is 12.3. The van der Waals surface area contributed by atoms with Crippen molar-refractivity contribution in [2.45, 2.75) is 17.7 Å². The highest BCUT2D eigenvalue weighted by atomic mass is 32.2. The van der Waals surface area contributed by atoms with E-state index in [1.54, 1.807) is 0 Å². The molecule has 0 saturated carbocycles. The molecule has 1 fully saturated rings. The van der Waals surface area contributed by atoms with E-state index in [0.717, 1.165) is 10.8 Å². The minimum Gasteiger partial charge on any atom is -0.480 e. The van der Waals surface area contributed by atoms with E-state index in [0.29, 0.717) is 5.69 Å². The van der Waals surface area contributed by atoms with Crippen molar-refractivity contribution in [2.24, 2.45) is 0 Å². The first-order valence-electron chi connectivity index (χ1n) is 7.47. The third-order valence-corrected chi connectivity index (χ3v) is 5.11. The molecule has 2 atom stereocenters. The number of carbonyl (C=O) groups is 3. The molecule has 1 aliphatic rings. The number of aliphatic carboxylic acids is 1. The molecule has 0 aromatic heterocycles. The van der Waals surface area contributed by atoms with Gasteiger partial charge in [0.1, 0.15) is 6.04 Å². The minimum atomic E-state index is -1.06. The number of carboxylic acids is 1. The lowest BCUT2D eigenvalue weighted by atomic mass is 10.1. The van der Waals surface area contributed by atoms with Gasteiger partial charge in [0.25, 0.3) is 0 Å². The van der Waals surface area contributed by atoms with Crippen LogP contribution in [0.2, 0.25) is 0 Å². The van der Waals surface area contributed by atoms with E-state index in [9.17, 15) is 14.4 Å². The largest absolute Gasteiger partial charge is 0.480 e. The summed E-state index contributed by atoms with van der Waals surface area (Å²) in [5.74, 6) is -1.48. The third kappa shape index (κ3) is 3.51. The van der Waals surface area contributed by atoms with Crippen LogP contribution >= 0.6 is 11.8 Å². The molecule has 24 heavy (non-hydrogen) atoms. The molecule has 1 heterocycles. The monoisotopic (exact) mass is 344 g/mol. The molecule has 0 radical (unpaired) electrons. The first-order chi connectivity index (χ1) is 11.5. The average Bonchev–Trinajstić information content (AvgIpc) is 2.57. The molecule has 0 bridgehead atoms. The topological polar surface area (TPSA) is 95.5 Å². The number of amides is 2. The van der Waals surface area contributed by atoms with Crippen LogP contribution in [0.3, 0.4) is 0 Å². The second kappa shape index (κ2) is 6.92. The molecule has 124 valence electrons. The van der Waals surface area contributed by atoms with Crippen molar-refractivity contribution in [1.29, 1.82) is 0 Å². The lowest BCUT2D eigenvalue weighted by molar-refractivity contribution is -0.141. The van der Waals surface area contributed by atoms with Crippen LogP contribution in [-0.2, 0) is 14.4 Å². The quantitative estimate of drug-likeness (QED) is 0.787. The Labute approximate surface area is 142 Å². The minimum absolute atomic E-state index is 0.00601. The molecule has 2 aromatic carbocycles. The molecule has 0 aliphatic carbocycles. The van der Waals surface area contributed by atoms with Crippen LogP contribution in [0.1, 0.15) is 6.42 Å². The van der Waals surface area contributed by atoms with Crippen molar-refractivity contribution >= 4 is 46.0 Å². The van der Waals surface area contributed by atoms with Crippen molar-refractivity contribution < 1.29 is 19.5 Å². The van der Waals surface area contributed by atoms with Gasteiger partial charge in [-0.1, -0.05) is 36.4 Å². The molecular formula is C17H16N2O4S. The van der Waals surface area contributed by atoms with Crippen LogP contribution in [-0.4, -0.2) is 39.9 Å². The highest BCUT2D eigenvalue weighted by molar-refractivity contribution is 8.00. The Bertz CT molecular complexity index is 803. The van der Waals surface area contributed by atoms with E-state index in [-0.39, 0.29) is 18.1 Å². The first kappa shape index (κ1) is 16.3. The molecule has 7 heteroatoms. The second-order valence-corrected chi connectivity index (χ2v) is 6.74. The number of fused-ring (bicyclic) bond motifs is 1. The van der Waals surface area contributed by atoms with E-state index in [2.05, 4.69) is 10.6 Å². The fourth-order valence-electron chi connectivity index (χ4n) is 2.58. The predicted molar refractivity (Wildman–Crippen MR) is 93.0 cm³/mol. The van der Waals surface area contributed by atoms with Gasteiger partial charge in [-0.2, -0.15) is 0 Å². The Hall–Kier alpha value is -2.54. The Morgan fingerprint density at radius 1 is 1.21 bits per heavy atom. The van der Waals surface area contributed by atoms with E-state index >= 15 is 0 Å². The van der Waals surface area contributed by atoms with Gasteiger partial charge in [-0.05, 0) is 11.5 Å². The van der Waals surface area contributed by atoms with E-state index in [1.165, 1.54) is 11.8 Å². The van der Waals surface area contributed by atoms with Gasteiger partial charge in [-0.3, -0.25) is 9.59 Å². The summed E-state index contributed by atoms with van der Waals surface area (Å²) >= 11 is 1.20. The summed E-state index contributed by atoms with van der Waals surface area (Å²) in [4.78, 5) is 35.1. The molecule has 6 nitrogen and oxygen atoms in total. The molecule has 2 aromatic rings. The number of anilines is 1. The molecule has 0 unspecified atom stereocenters. The average molecular weight is 344 g/mol. The molecule has 1 saturated heterocycles. The first-order valence-corrected chi connectivity index (χ1v) is 8.52. The number of carbonyl (C=O) groups excluding carboxylic acids is 2. The zero-order valence-electron chi connectivity index (χ0n) is 12.7. The van der Waals surface area contributed by atoms with E-state index in [1.807, 2.05) is 42.5 Å². The maximum absolute atomic E-state index is 12.3. The van der Waals surface area contributed by atoms with Crippen LogP contribution in [0.4, 0.5) is 5.69 Å². The highest BCUT2D eigenvalue weighted by Crippen LogP contribution is 2.25. The van der Waals surface area contributed by atoms with E-state index < -0.39 is 23.2 Å². The number of thioether (sulfide) groups is 1. The summed E-state index contributed by atoms with van der Waals surface area (Å²) in [6.45, 7) is 0. The van der Waals surface area contributed by atoms with Gasteiger partial charge in [0.15, 0.2) is 0 Å². The second-order valence-electron chi connectivity index (χ2n) is 5.50. The third-order valence-electron chi connectivity index (χ3n) is 3.81. The molecule has 3 rings (SSSR count). The molecule has 2 amide bonds. The van der Waals surface area contributed by atoms with Crippen LogP contribution < -0.4 is 10.6 Å². The van der Waals surface area contributed by atoms with Crippen molar-refractivity contribution in [1.82, 2.24) is 5.32 Å². The van der Waals surface area contributed by atoms with Crippen LogP contribution in [0.5, 0.6) is 0 Å². The number of carboxylic acid groups (broad SMARTS) is 1. The fourth-order valence-corrected chi connectivity index (χ4v) is 3.72. The lowest BCUT2D eigenvalue weighted by Gasteiger charge is -2.25. The Morgan fingerprint density at radius 3 is 2.71 bits per heavy atom. The summed E-state index contributed by atoms with van der Waals surface area (Å²) in [6, 6.07) is 12.4. The van der Waals surface area contributed by atoms with Crippen LogP contribution in [0.15, 0.2) is 42.5 Å². The fraction of sp³-hybridized carbons (Fsp3) is 0.235. The maximum Gasteiger partial charge on any atom is 0.327 e. The molecule has 0 spiro atoms. The number of hydrogen-bond acceptors (Lipinski definition) is 4.